The topological polar surface area (TPSA) is 70.0 Å². The molecule has 4 fully saturated rings. The Morgan fingerprint density at radius 2 is 1.27 bits per heavy atom. The monoisotopic (exact) mass is 736 g/mol. The van der Waals surface area contributed by atoms with Crippen LogP contribution in [0.5, 0.6) is 11.5 Å². The van der Waals surface area contributed by atoms with Crippen LogP contribution in [0.25, 0.3) is 0 Å². The number of piperidine rings is 2. The normalized spacial score (nSPS) is 29.6. The van der Waals surface area contributed by atoms with Gasteiger partial charge in [0, 0.05) is 58.5 Å². The van der Waals surface area contributed by atoms with Crippen LogP contribution in [-0.2, 0) is 16.0 Å². The fourth-order valence-corrected chi connectivity index (χ4v) is 10.2. The largest absolute Gasteiger partial charge is 0.487 e. The van der Waals surface area contributed by atoms with Gasteiger partial charge in [-0.2, -0.15) is 0 Å². The standard InChI is InChI=1S/C23H30ClN3O2.C18H24ClNO2/c1-22(2)19-14-23(5-8-26(9-6-23)11-12-27-10-7-25-16-27)15-28-21(19)18-4-3-17(24)13-20(18)29-22;1-17(2)14-10-18(5-7-20-8-6-18)11-21-16(14)13-4-3-12(19)9-15(13)22-17/h3-4,7,10,13,16,19,21H,5-6,8-9,11-12,14-15H2,1-2H3;3-4,9,14,16,20H,5-8,10-11H2,1-2H3. The molecule has 0 saturated carbocycles. The molecule has 7 heterocycles. The van der Waals surface area contributed by atoms with Crippen molar-refractivity contribution in [1.82, 2.24) is 19.8 Å². The van der Waals surface area contributed by atoms with Gasteiger partial charge in [0.2, 0.25) is 0 Å². The van der Waals surface area contributed by atoms with Crippen molar-refractivity contribution in [3.05, 3.63) is 76.3 Å². The number of ether oxygens (including phenoxy) is 4. The summed E-state index contributed by atoms with van der Waals surface area (Å²) in [7, 11) is 0. The summed E-state index contributed by atoms with van der Waals surface area (Å²) in [5.41, 5.74) is 2.45. The zero-order valence-corrected chi connectivity index (χ0v) is 32.1. The third-order valence-electron chi connectivity index (χ3n) is 13.1. The van der Waals surface area contributed by atoms with E-state index in [0.717, 1.165) is 80.1 Å². The summed E-state index contributed by atoms with van der Waals surface area (Å²) in [6.45, 7) is 17.1. The Balaban J connectivity index is 0.000000152. The van der Waals surface area contributed by atoms with Crippen LogP contribution in [0.2, 0.25) is 10.0 Å². The highest BCUT2D eigenvalue weighted by atomic mass is 35.5. The Morgan fingerprint density at radius 3 is 1.78 bits per heavy atom. The molecule has 1 N–H and O–H groups in total. The minimum atomic E-state index is -0.256. The fourth-order valence-electron chi connectivity index (χ4n) is 9.83. The Bertz CT molecular complexity index is 1680. The first-order chi connectivity index (χ1) is 24.4. The van der Waals surface area contributed by atoms with Crippen molar-refractivity contribution in [2.75, 3.05) is 45.9 Å². The molecule has 6 aliphatic rings. The molecule has 4 saturated heterocycles. The van der Waals surface area contributed by atoms with Crippen molar-refractivity contribution >= 4 is 23.2 Å². The summed E-state index contributed by atoms with van der Waals surface area (Å²) >= 11 is 12.3. The van der Waals surface area contributed by atoms with E-state index in [1.165, 1.54) is 38.5 Å². The number of rotatable bonds is 3. The molecule has 276 valence electrons. The Hall–Kier alpha value is -2.33. The minimum Gasteiger partial charge on any atom is -0.487 e. The lowest BCUT2D eigenvalue weighted by atomic mass is 9.64. The zero-order chi connectivity index (χ0) is 35.4. The first-order valence-corrected chi connectivity index (χ1v) is 19.8. The van der Waals surface area contributed by atoms with Gasteiger partial charge in [0.25, 0.3) is 0 Å². The number of hydrogen-bond acceptors (Lipinski definition) is 7. The second kappa shape index (κ2) is 13.8. The molecule has 0 amide bonds. The second-order valence-corrected chi connectivity index (χ2v) is 18.1. The van der Waals surface area contributed by atoms with Gasteiger partial charge in [-0.05, 0) is 127 Å². The van der Waals surface area contributed by atoms with Gasteiger partial charge in [0.15, 0.2) is 0 Å². The van der Waals surface area contributed by atoms with E-state index in [1.807, 2.05) is 43.0 Å². The summed E-state index contributed by atoms with van der Waals surface area (Å²) in [6, 6.07) is 11.9. The highest BCUT2D eigenvalue weighted by Crippen LogP contribution is 2.57. The van der Waals surface area contributed by atoms with Crippen LogP contribution >= 0.6 is 23.2 Å². The van der Waals surface area contributed by atoms with E-state index in [-0.39, 0.29) is 28.8 Å². The van der Waals surface area contributed by atoms with Crippen LogP contribution in [0.1, 0.15) is 89.6 Å². The average molecular weight is 738 g/mol. The number of aromatic nitrogens is 2. The van der Waals surface area contributed by atoms with E-state index in [9.17, 15) is 0 Å². The molecule has 4 atom stereocenters. The van der Waals surface area contributed by atoms with Gasteiger partial charge >= 0.3 is 0 Å². The third kappa shape index (κ3) is 7.18. The lowest BCUT2D eigenvalue weighted by Gasteiger charge is -2.54. The van der Waals surface area contributed by atoms with Crippen LogP contribution in [0.4, 0.5) is 0 Å². The van der Waals surface area contributed by atoms with Crippen molar-refractivity contribution in [3.63, 3.8) is 0 Å². The molecular weight excluding hydrogens is 683 g/mol. The zero-order valence-electron chi connectivity index (χ0n) is 30.6. The second-order valence-electron chi connectivity index (χ2n) is 17.3. The lowest BCUT2D eigenvalue weighted by molar-refractivity contribution is -0.174. The van der Waals surface area contributed by atoms with E-state index in [0.29, 0.717) is 22.3 Å². The fraction of sp³-hybridized carbons (Fsp3) is 0.634. The first kappa shape index (κ1) is 35.7. The maximum absolute atomic E-state index is 6.58. The highest BCUT2D eigenvalue weighted by Gasteiger charge is 2.54. The van der Waals surface area contributed by atoms with E-state index >= 15 is 0 Å². The summed E-state index contributed by atoms with van der Waals surface area (Å²) in [5.74, 6) is 2.53. The van der Waals surface area contributed by atoms with E-state index in [2.05, 4.69) is 59.6 Å². The Morgan fingerprint density at radius 1 is 0.745 bits per heavy atom. The Kier molecular flexibility index (Phi) is 9.67. The SMILES string of the molecule is CC1(C)Oc2cc(Cl)ccc2C2OCC3(CCN(CCn4ccnc4)CC3)CC21.CC1(C)Oc2cc(Cl)ccc2C2OCC3(CCNCC3)CC21. The molecule has 0 radical (unpaired) electrons. The molecule has 4 unspecified atom stereocenters. The molecule has 0 aliphatic carbocycles. The molecule has 8 nitrogen and oxygen atoms in total. The van der Waals surface area contributed by atoms with Crippen molar-refractivity contribution in [1.29, 1.82) is 0 Å². The summed E-state index contributed by atoms with van der Waals surface area (Å²) in [4.78, 5) is 6.72. The maximum Gasteiger partial charge on any atom is 0.127 e. The smallest absolute Gasteiger partial charge is 0.127 e. The number of fused-ring (bicyclic) bond motifs is 6. The van der Waals surface area contributed by atoms with Crippen molar-refractivity contribution in [2.24, 2.45) is 22.7 Å². The van der Waals surface area contributed by atoms with Gasteiger partial charge in [-0.1, -0.05) is 35.3 Å². The van der Waals surface area contributed by atoms with Gasteiger partial charge in [-0.15, -0.1) is 0 Å². The number of likely N-dealkylation sites (tertiary alicyclic amines) is 1. The van der Waals surface area contributed by atoms with E-state index < -0.39 is 0 Å². The summed E-state index contributed by atoms with van der Waals surface area (Å²) in [5, 5.41) is 4.91. The van der Waals surface area contributed by atoms with Gasteiger partial charge in [0.1, 0.15) is 22.7 Å². The summed E-state index contributed by atoms with van der Waals surface area (Å²) in [6.07, 6.45) is 13.2. The van der Waals surface area contributed by atoms with Crippen molar-refractivity contribution in [3.8, 4) is 11.5 Å². The molecule has 6 aliphatic heterocycles. The molecular formula is C41H54Cl2N4O4. The molecule has 2 spiro atoms. The van der Waals surface area contributed by atoms with Crippen LogP contribution in [0.15, 0.2) is 55.1 Å². The first-order valence-electron chi connectivity index (χ1n) is 19.0. The van der Waals surface area contributed by atoms with E-state index in [4.69, 9.17) is 42.1 Å². The predicted octanol–water partition coefficient (Wildman–Crippen LogP) is 8.53. The van der Waals surface area contributed by atoms with Crippen molar-refractivity contribution in [2.45, 2.75) is 96.2 Å². The number of imidazole rings is 1. The van der Waals surface area contributed by atoms with Crippen LogP contribution in [0.3, 0.4) is 0 Å². The van der Waals surface area contributed by atoms with E-state index in [1.54, 1.807) is 0 Å². The number of hydrogen-bond donors (Lipinski definition) is 1. The summed E-state index contributed by atoms with van der Waals surface area (Å²) < 4.78 is 27.9. The molecule has 10 heteroatoms. The van der Waals surface area contributed by atoms with Crippen LogP contribution < -0.4 is 14.8 Å². The third-order valence-corrected chi connectivity index (χ3v) is 13.6. The molecule has 0 bridgehead atoms. The van der Waals surface area contributed by atoms with Crippen LogP contribution in [0, 0.1) is 22.7 Å². The highest BCUT2D eigenvalue weighted by molar-refractivity contribution is 6.31. The predicted molar refractivity (Wildman–Crippen MR) is 201 cm³/mol. The number of nitrogens with one attached hydrogen (secondary N) is 1. The van der Waals surface area contributed by atoms with Gasteiger partial charge < -0.3 is 33.7 Å². The van der Waals surface area contributed by atoms with Gasteiger partial charge in [0.05, 0.1) is 31.7 Å². The molecule has 1 aromatic heterocycles. The number of halogens is 2. The molecule has 51 heavy (non-hydrogen) atoms. The van der Waals surface area contributed by atoms with Crippen molar-refractivity contribution < 1.29 is 18.9 Å². The number of nitrogens with zero attached hydrogens (tertiary/aromatic N) is 3. The van der Waals surface area contributed by atoms with Crippen LogP contribution in [-0.4, -0.2) is 71.6 Å². The molecule has 3 aromatic rings. The van der Waals surface area contributed by atoms with Gasteiger partial charge in [-0.25, -0.2) is 4.98 Å². The average Bonchev–Trinajstić information content (AvgIpc) is 3.63. The number of benzene rings is 2. The van der Waals surface area contributed by atoms with Gasteiger partial charge in [-0.3, -0.25) is 0 Å². The maximum atomic E-state index is 6.58. The minimum absolute atomic E-state index is 0.107. The molecule has 9 rings (SSSR count). The lowest BCUT2D eigenvalue weighted by Crippen LogP contribution is -2.54. The Labute approximate surface area is 313 Å². The quantitative estimate of drug-likeness (QED) is 0.289. The molecule has 2 aromatic carbocycles.